The van der Waals surface area contributed by atoms with Crippen molar-refractivity contribution >= 4 is 38.2 Å². The van der Waals surface area contributed by atoms with Crippen LogP contribution in [0.3, 0.4) is 0 Å². The van der Waals surface area contributed by atoms with E-state index in [1.807, 2.05) is 0 Å². The van der Waals surface area contributed by atoms with Gasteiger partial charge in [-0.1, -0.05) is 42.5 Å². The maximum Gasteiger partial charge on any atom is 0.145 e. The van der Waals surface area contributed by atoms with Crippen molar-refractivity contribution in [1.82, 2.24) is 14.0 Å². The molecule has 0 aliphatic rings. The van der Waals surface area contributed by atoms with Crippen molar-refractivity contribution in [3.63, 3.8) is 0 Å². The van der Waals surface area contributed by atoms with Gasteiger partial charge in [-0.3, -0.25) is 4.40 Å². The van der Waals surface area contributed by atoms with Crippen molar-refractivity contribution in [2.24, 2.45) is 7.05 Å². The van der Waals surface area contributed by atoms with Crippen molar-refractivity contribution in [1.29, 1.82) is 0 Å². The zero-order valence-electron chi connectivity index (χ0n) is 16.8. The highest BCUT2D eigenvalue weighted by molar-refractivity contribution is 6.15. The minimum absolute atomic E-state index is 1.01. The molecule has 0 saturated carbocycles. The predicted molar refractivity (Wildman–Crippen MR) is 122 cm³/mol. The molecule has 0 radical (unpaired) electrons. The molecule has 0 aliphatic heterocycles. The molecule has 29 heavy (non-hydrogen) atoms. The van der Waals surface area contributed by atoms with Crippen LogP contribution in [-0.4, -0.2) is 14.0 Å². The maximum absolute atomic E-state index is 5.13. The van der Waals surface area contributed by atoms with Crippen LogP contribution in [0.2, 0.25) is 0 Å². The van der Waals surface area contributed by atoms with Gasteiger partial charge in [-0.25, -0.2) is 4.98 Å². The Balaban J connectivity index is 1.83. The molecule has 0 saturated heterocycles. The molecule has 0 fully saturated rings. The summed E-state index contributed by atoms with van der Waals surface area (Å²) < 4.78 is 4.45. The van der Waals surface area contributed by atoms with E-state index in [1.54, 1.807) is 0 Å². The molecule has 3 heteroatoms. The number of aromatic nitrogens is 3. The van der Waals surface area contributed by atoms with Gasteiger partial charge in [0.05, 0.1) is 11.2 Å². The quantitative estimate of drug-likeness (QED) is 0.304. The number of fused-ring (bicyclic) bond motifs is 7. The third kappa shape index (κ3) is 2.21. The fourth-order valence-corrected chi connectivity index (χ4v) is 4.73. The summed E-state index contributed by atoms with van der Waals surface area (Å²) in [6.07, 6.45) is 4.33. The number of hydrogen-bond acceptors (Lipinski definition) is 1. The Labute approximate surface area is 168 Å². The number of aryl methyl sites for hydroxylation is 3. The summed E-state index contributed by atoms with van der Waals surface area (Å²) in [4.78, 5) is 5.13. The first kappa shape index (κ1) is 16.4. The Hall–Kier alpha value is -3.59. The lowest BCUT2D eigenvalue weighted by molar-refractivity contribution is 0.969. The Morgan fingerprint density at radius 2 is 1.52 bits per heavy atom. The molecule has 3 nitrogen and oxygen atoms in total. The van der Waals surface area contributed by atoms with E-state index in [2.05, 4.69) is 103 Å². The minimum atomic E-state index is 1.01. The average Bonchev–Trinajstić information content (AvgIpc) is 3.31. The average molecular weight is 375 g/mol. The van der Waals surface area contributed by atoms with Crippen LogP contribution >= 0.6 is 0 Å². The molecule has 0 N–H and O–H groups in total. The van der Waals surface area contributed by atoms with Crippen LogP contribution < -0.4 is 0 Å². The summed E-state index contributed by atoms with van der Waals surface area (Å²) in [5.41, 5.74) is 8.21. The van der Waals surface area contributed by atoms with Gasteiger partial charge in [-0.2, -0.15) is 0 Å². The van der Waals surface area contributed by atoms with Crippen molar-refractivity contribution in [2.45, 2.75) is 13.8 Å². The monoisotopic (exact) mass is 375 g/mol. The second-order valence-corrected chi connectivity index (χ2v) is 7.99. The second-order valence-electron chi connectivity index (χ2n) is 7.99. The van der Waals surface area contributed by atoms with Gasteiger partial charge in [0.15, 0.2) is 0 Å². The molecule has 0 amide bonds. The predicted octanol–water partition coefficient (Wildman–Crippen LogP) is 6.42. The first-order valence-electron chi connectivity index (χ1n) is 9.97. The fourth-order valence-electron chi connectivity index (χ4n) is 4.73. The van der Waals surface area contributed by atoms with Gasteiger partial charge in [0.1, 0.15) is 5.65 Å². The van der Waals surface area contributed by atoms with Gasteiger partial charge < -0.3 is 4.57 Å². The lowest BCUT2D eigenvalue weighted by atomic mass is 10.0. The molecule has 3 aromatic heterocycles. The molecule has 0 atom stereocenters. The van der Waals surface area contributed by atoms with Crippen LogP contribution in [0.15, 0.2) is 73.1 Å². The molecule has 140 valence electrons. The van der Waals surface area contributed by atoms with Gasteiger partial charge in [0.2, 0.25) is 0 Å². The highest BCUT2D eigenvalue weighted by Gasteiger charge is 2.15. The number of pyridine rings is 1. The molecule has 0 unspecified atom stereocenters. The summed E-state index contributed by atoms with van der Waals surface area (Å²) in [5.74, 6) is 0. The summed E-state index contributed by atoms with van der Waals surface area (Å²) in [6, 6.07) is 21.8. The Morgan fingerprint density at radius 3 is 2.31 bits per heavy atom. The van der Waals surface area contributed by atoms with Gasteiger partial charge in [0.25, 0.3) is 0 Å². The fraction of sp³-hybridized carbons (Fsp3) is 0.115. The SMILES string of the molecule is Cc1cccc(C)c1-c1cn2c3cc4c(ccn4C)cc3c3ccccc3c2n1. The van der Waals surface area contributed by atoms with E-state index in [4.69, 9.17) is 4.98 Å². The number of rotatable bonds is 1. The third-order valence-electron chi connectivity index (χ3n) is 6.16. The minimum Gasteiger partial charge on any atom is -0.350 e. The number of nitrogens with zero attached hydrogens (tertiary/aromatic N) is 3. The molecule has 6 rings (SSSR count). The topological polar surface area (TPSA) is 22.2 Å². The zero-order valence-corrected chi connectivity index (χ0v) is 16.8. The van der Waals surface area contributed by atoms with Gasteiger partial charge in [-0.05, 0) is 48.6 Å². The van der Waals surface area contributed by atoms with Crippen molar-refractivity contribution in [3.05, 3.63) is 84.2 Å². The van der Waals surface area contributed by atoms with E-state index in [0.717, 1.165) is 11.3 Å². The van der Waals surface area contributed by atoms with Crippen LogP contribution in [0.4, 0.5) is 0 Å². The maximum atomic E-state index is 5.13. The summed E-state index contributed by atoms with van der Waals surface area (Å²) in [5, 5.41) is 4.96. The molecule has 0 spiro atoms. The summed E-state index contributed by atoms with van der Waals surface area (Å²) >= 11 is 0. The van der Waals surface area contributed by atoms with Crippen molar-refractivity contribution < 1.29 is 0 Å². The molecular formula is C26H21N3. The van der Waals surface area contributed by atoms with Crippen LogP contribution in [0, 0.1) is 13.8 Å². The zero-order chi connectivity index (χ0) is 19.7. The second kappa shape index (κ2) is 5.71. The van der Waals surface area contributed by atoms with Gasteiger partial charge in [-0.15, -0.1) is 0 Å². The van der Waals surface area contributed by atoms with E-state index in [9.17, 15) is 0 Å². The molecule has 3 aromatic carbocycles. The van der Waals surface area contributed by atoms with E-state index >= 15 is 0 Å². The highest BCUT2D eigenvalue weighted by atomic mass is 15.0. The molecule has 0 aliphatic carbocycles. The first-order valence-corrected chi connectivity index (χ1v) is 9.97. The molecule has 0 bridgehead atoms. The van der Waals surface area contributed by atoms with Crippen LogP contribution in [0.5, 0.6) is 0 Å². The van der Waals surface area contributed by atoms with E-state index in [0.29, 0.717) is 0 Å². The van der Waals surface area contributed by atoms with Crippen LogP contribution in [0.25, 0.3) is 49.5 Å². The standard InChI is InChI=1S/C26H21N3/c1-16-7-6-8-17(2)25(16)22-15-29-24-14-23-18(11-12-28(23)3)13-21(24)19-9-4-5-10-20(19)26(29)27-22/h4-15H,1-3H3. The number of imidazole rings is 1. The Kier molecular flexibility index (Phi) is 3.22. The normalized spacial score (nSPS) is 12.0. The largest absolute Gasteiger partial charge is 0.350 e. The van der Waals surface area contributed by atoms with Crippen LogP contribution in [-0.2, 0) is 7.05 Å². The Morgan fingerprint density at radius 1 is 0.759 bits per heavy atom. The first-order chi connectivity index (χ1) is 14.1. The van der Waals surface area contributed by atoms with E-state index in [-0.39, 0.29) is 0 Å². The van der Waals surface area contributed by atoms with Crippen molar-refractivity contribution in [2.75, 3.05) is 0 Å². The lowest BCUT2D eigenvalue weighted by Gasteiger charge is -2.09. The molecule has 6 aromatic rings. The third-order valence-corrected chi connectivity index (χ3v) is 6.16. The van der Waals surface area contributed by atoms with Gasteiger partial charge >= 0.3 is 0 Å². The highest BCUT2D eigenvalue weighted by Crippen LogP contribution is 2.35. The van der Waals surface area contributed by atoms with E-state index in [1.165, 1.54) is 49.3 Å². The molecular weight excluding hydrogens is 354 g/mol. The molecule has 3 heterocycles. The van der Waals surface area contributed by atoms with Gasteiger partial charge in [0, 0.05) is 46.7 Å². The summed E-state index contributed by atoms with van der Waals surface area (Å²) in [7, 11) is 2.10. The number of hydrogen-bond donors (Lipinski definition) is 0. The lowest BCUT2D eigenvalue weighted by Crippen LogP contribution is -1.92. The smallest absolute Gasteiger partial charge is 0.145 e. The van der Waals surface area contributed by atoms with E-state index < -0.39 is 0 Å². The summed E-state index contributed by atoms with van der Waals surface area (Å²) in [6.45, 7) is 4.33. The van der Waals surface area contributed by atoms with Crippen molar-refractivity contribution in [3.8, 4) is 11.3 Å². The Bertz CT molecular complexity index is 1560. The number of benzene rings is 3. The van der Waals surface area contributed by atoms with Crippen LogP contribution in [0.1, 0.15) is 11.1 Å².